The van der Waals surface area contributed by atoms with Crippen molar-refractivity contribution < 1.29 is 4.79 Å². The SMILES string of the molecule is O=C(NCc1cccc(Br)c1)C1CCC1. The standard InChI is InChI=1S/C12H14BrNO/c13-11-6-1-3-9(7-11)8-14-12(15)10-4-2-5-10/h1,3,6-7,10H,2,4-5,8H2,(H,14,15). The molecule has 0 unspecified atom stereocenters. The Hall–Kier alpha value is -0.830. The van der Waals surface area contributed by atoms with E-state index in [0.717, 1.165) is 22.9 Å². The van der Waals surface area contributed by atoms with Crippen molar-refractivity contribution in [3.63, 3.8) is 0 Å². The molecule has 1 amide bonds. The van der Waals surface area contributed by atoms with E-state index in [1.807, 2.05) is 24.3 Å². The van der Waals surface area contributed by atoms with Crippen LogP contribution in [-0.4, -0.2) is 5.91 Å². The van der Waals surface area contributed by atoms with Crippen LogP contribution >= 0.6 is 15.9 Å². The zero-order valence-electron chi connectivity index (χ0n) is 8.50. The Balaban J connectivity index is 1.84. The predicted octanol–water partition coefficient (Wildman–Crippen LogP) is 2.87. The highest BCUT2D eigenvalue weighted by Crippen LogP contribution is 2.26. The maximum absolute atomic E-state index is 11.6. The number of hydrogen-bond acceptors (Lipinski definition) is 1. The summed E-state index contributed by atoms with van der Waals surface area (Å²) in [6, 6.07) is 8.01. The summed E-state index contributed by atoms with van der Waals surface area (Å²) in [4.78, 5) is 11.6. The minimum Gasteiger partial charge on any atom is -0.352 e. The molecule has 1 aliphatic carbocycles. The first-order valence-electron chi connectivity index (χ1n) is 5.28. The Labute approximate surface area is 98.2 Å². The van der Waals surface area contributed by atoms with E-state index in [-0.39, 0.29) is 11.8 Å². The fraction of sp³-hybridized carbons (Fsp3) is 0.417. The van der Waals surface area contributed by atoms with Crippen LogP contribution in [0.5, 0.6) is 0 Å². The summed E-state index contributed by atoms with van der Waals surface area (Å²) in [6.45, 7) is 0.634. The van der Waals surface area contributed by atoms with Gasteiger partial charge in [-0.1, -0.05) is 34.5 Å². The van der Waals surface area contributed by atoms with Crippen molar-refractivity contribution in [3.8, 4) is 0 Å². The third kappa shape index (κ3) is 2.81. The zero-order chi connectivity index (χ0) is 10.7. The van der Waals surface area contributed by atoms with Gasteiger partial charge >= 0.3 is 0 Å². The van der Waals surface area contributed by atoms with Crippen LogP contribution in [-0.2, 0) is 11.3 Å². The second-order valence-electron chi connectivity index (χ2n) is 3.98. The van der Waals surface area contributed by atoms with Crippen molar-refractivity contribution in [1.82, 2.24) is 5.32 Å². The normalized spacial score (nSPS) is 15.8. The molecule has 0 spiro atoms. The molecule has 1 aromatic rings. The summed E-state index contributed by atoms with van der Waals surface area (Å²) >= 11 is 3.41. The van der Waals surface area contributed by atoms with Crippen LogP contribution in [0.3, 0.4) is 0 Å². The Bertz CT molecular complexity index is 360. The van der Waals surface area contributed by atoms with Gasteiger partial charge in [-0.25, -0.2) is 0 Å². The number of hydrogen-bond donors (Lipinski definition) is 1. The molecule has 0 heterocycles. The van der Waals surface area contributed by atoms with E-state index in [9.17, 15) is 4.79 Å². The smallest absolute Gasteiger partial charge is 0.223 e. The molecule has 0 saturated heterocycles. The van der Waals surface area contributed by atoms with Gasteiger partial charge in [0, 0.05) is 16.9 Å². The van der Waals surface area contributed by atoms with Crippen LogP contribution in [0.2, 0.25) is 0 Å². The lowest BCUT2D eigenvalue weighted by Crippen LogP contribution is -2.33. The quantitative estimate of drug-likeness (QED) is 0.897. The van der Waals surface area contributed by atoms with Crippen LogP contribution in [0.1, 0.15) is 24.8 Å². The van der Waals surface area contributed by atoms with Crippen molar-refractivity contribution in [3.05, 3.63) is 34.3 Å². The zero-order valence-corrected chi connectivity index (χ0v) is 10.1. The Morgan fingerprint density at radius 3 is 2.87 bits per heavy atom. The highest BCUT2D eigenvalue weighted by Gasteiger charge is 2.24. The molecule has 0 radical (unpaired) electrons. The number of carbonyl (C=O) groups excluding carboxylic acids is 1. The molecule has 3 heteroatoms. The summed E-state index contributed by atoms with van der Waals surface area (Å²) in [5.41, 5.74) is 1.14. The highest BCUT2D eigenvalue weighted by atomic mass is 79.9. The summed E-state index contributed by atoms with van der Waals surface area (Å²) in [6.07, 6.45) is 3.32. The minimum absolute atomic E-state index is 0.209. The third-order valence-corrected chi connectivity index (χ3v) is 3.32. The minimum atomic E-state index is 0.209. The number of halogens is 1. The molecule has 2 rings (SSSR count). The highest BCUT2D eigenvalue weighted by molar-refractivity contribution is 9.10. The van der Waals surface area contributed by atoms with Gasteiger partial charge in [-0.2, -0.15) is 0 Å². The fourth-order valence-electron chi connectivity index (χ4n) is 1.65. The molecule has 1 aromatic carbocycles. The largest absolute Gasteiger partial charge is 0.352 e. The molecule has 0 atom stereocenters. The first-order chi connectivity index (χ1) is 7.25. The molecule has 1 aliphatic rings. The van der Waals surface area contributed by atoms with E-state index < -0.39 is 0 Å². The van der Waals surface area contributed by atoms with Gasteiger partial charge in [0.1, 0.15) is 0 Å². The molecule has 15 heavy (non-hydrogen) atoms. The maximum Gasteiger partial charge on any atom is 0.223 e. The van der Waals surface area contributed by atoms with Gasteiger partial charge in [-0.15, -0.1) is 0 Å². The Morgan fingerprint density at radius 1 is 1.47 bits per heavy atom. The maximum atomic E-state index is 11.6. The lowest BCUT2D eigenvalue weighted by Gasteiger charge is -2.24. The van der Waals surface area contributed by atoms with Crippen LogP contribution in [0.15, 0.2) is 28.7 Å². The van der Waals surface area contributed by atoms with Gasteiger partial charge in [0.05, 0.1) is 0 Å². The monoisotopic (exact) mass is 267 g/mol. The van der Waals surface area contributed by atoms with E-state index in [2.05, 4.69) is 21.2 Å². The topological polar surface area (TPSA) is 29.1 Å². The van der Waals surface area contributed by atoms with E-state index in [0.29, 0.717) is 6.54 Å². The summed E-state index contributed by atoms with van der Waals surface area (Å²) in [5.74, 6) is 0.485. The molecule has 1 saturated carbocycles. The van der Waals surface area contributed by atoms with E-state index in [4.69, 9.17) is 0 Å². The van der Waals surface area contributed by atoms with Gasteiger partial charge < -0.3 is 5.32 Å². The van der Waals surface area contributed by atoms with E-state index in [1.54, 1.807) is 0 Å². The van der Waals surface area contributed by atoms with E-state index in [1.165, 1.54) is 6.42 Å². The van der Waals surface area contributed by atoms with Crippen LogP contribution < -0.4 is 5.32 Å². The van der Waals surface area contributed by atoms with Gasteiger partial charge in [0.15, 0.2) is 0 Å². The Morgan fingerprint density at radius 2 is 2.27 bits per heavy atom. The number of amides is 1. The lowest BCUT2D eigenvalue weighted by molar-refractivity contribution is -0.127. The predicted molar refractivity (Wildman–Crippen MR) is 63.3 cm³/mol. The number of rotatable bonds is 3. The average Bonchev–Trinajstić information content (AvgIpc) is 2.12. The molecule has 0 aromatic heterocycles. The van der Waals surface area contributed by atoms with Crippen molar-refractivity contribution in [1.29, 1.82) is 0 Å². The van der Waals surface area contributed by atoms with E-state index >= 15 is 0 Å². The van der Waals surface area contributed by atoms with Gasteiger partial charge in [0.25, 0.3) is 0 Å². The third-order valence-electron chi connectivity index (χ3n) is 2.83. The van der Waals surface area contributed by atoms with Crippen molar-refractivity contribution in [2.24, 2.45) is 5.92 Å². The number of carbonyl (C=O) groups is 1. The molecule has 1 fully saturated rings. The molecule has 0 aliphatic heterocycles. The van der Waals surface area contributed by atoms with Gasteiger partial charge in [-0.3, -0.25) is 4.79 Å². The first kappa shape index (κ1) is 10.7. The first-order valence-corrected chi connectivity index (χ1v) is 6.07. The molecule has 0 bridgehead atoms. The Kier molecular flexibility index (Phi) is 3.41. The average molecular weight is 268 g/mol. The van der Waals surface area contributed by atoms with Gasteiger partial charge in [-0.05, 0) is 30.5 Å². The van der Waals surface area contributed by atoms with Crippen LogP contribution in [0.25, 0.3) is 0 Å². The second kappa shape index (κ2) is 4.79. The van der Waals surface area contributed by atoms with Crippen molar-refractivity contribution >= 4 is 21.8 Å². The fourth-order valence-corrected chi connectivity index (χ4v) is 2.10. The molecule has 2 nitrogen and oxygen atoms in total. The molecular formula is C12H14BrNO. The molecular weight excluding hydrogens is 254 g/mol. The van der Waals surface area contributed by atoms with Crippen molar-refractivity contribution in [2.45, 2.75) is 25.8 Å². The van der Waals surface area contributed by atoms with Crippen LogP contribution in [0, 0.1) is 5.92 Å². The number of nitrogens with one attached hydrogen (secondary N) is 1. The summed E-state index contributed by atoms with van der Waals surface area (Å²) in [5, 5.41) is 2.97. The lowest BCUT2D eigenvalue weighted by atomic mass is 9.85. The molecule has 1 N–H and O–H groups in total. The number of benzene rings is 1. The molecule has 80 valence electrons. The van der Waals surface area contributed by atoms with Crippen molar-refractivity contribution in [2.75, 3.05) is 0 Å². The summed E-state index contributed by atoms with van der Waals surface area (Å²) in [7, 11) is 0. The summed E-state index contributed by atoms with van der Waals surface area (Å²) < 4.78 is 1.05. The van der Waals surface area contributed by atoms with Gasteiger partial charge in [0.2, 0.25) is 5.91 Å². The second-order valence-corrected chi connectivity index (χ2v) is 4.89. The van der Waals surface area contributed by atoms with Crippen LogP contribution in [0.4, 0.5) is 0 Å².